The van der Waals surface area contributed by atoms with Gasteiger partial charge in [-0.25, -0.2) is 0 Å². The molecule has 0 saturated carbocycles. The lowest BCUT2D eigenvalue weighted by Crippen LogP contribution is -2.13. The first-order valence-electron chi connectivity index (χ1n) is 9.54. The van der Waals surface area contributed by atoms with Gasteiger partial charge in [-0.3, -0.25) is 0 Å². The van der Waals surface area contributed by atoms with Gasteiger partial charge in [-0.1, -0.05) is 72.8 Å². The SMILES string of the molecule is c1ccc2c(c1)Cc1cc3c(cc1C2)Cc1cc2ccccc2cc1C3. The van der Waals surface area contributed by atoms with Gasteiger partial charge in [0.15, 0.2) is 0 Å². The largest absolute Gasteiger partial charge is 0.0620 e. The molecule has 0 atom stereocenters. The van der Waals surface area contributed by atoms with Gasteiger partial charge in [-0.2, -0.15) is 0 Å². The van der Waals surface area contributed by atoms with Crippen LogP contribution in [0.4, 0.5) is 0 Å². The maximum absolute atomic E-state index is 2.50. The summed E-state index contributed by atoms with van der Waals surface area (Å²) >= 11 is 0. The van der Waals surface area contributed by atoms with E-state index in [1.807, 2.05) is 0 Å². The summed E-state index contributed by atoms with van der Waals surface area (Å²) in [4.78, 5) is 0. The Bertz CT molecular complexity index is 1090. The second-order valence-electron chi connectivity index (χ2n) is 7.83. The van der Waals surface area contributed by atoms with E-state index in [9.17, 15) is 0 Å². The van der Waals surface area contributed by atoms with E-state index in [0.29, 0.717) is 0 Å². The highest BCUT2D eigenvalue weighted by Crippen LogP contribution is 2.35. The van der Waals surface area contributed by atoms with Crippen molar-refractivity contribution in [1.29, 1.82) is 0 Å². The van der Waals surface area contributed by atoms with Crippen LogP contribution in [0.5, 0.6) is 0 Å². The molecule has 0 heteroatoms. The van der Waals surface area contributed by atoms with Crippen LogP contribution in [0, 0.1) is 0 Å². The molecule has 0 amide bonds. The second-order valence-corrected chi connectivity index (χ2v) is 7.83. The van der Waals surface area contributed by atoms with Crippen molar-refractivity contribution in [2.75, 3.05) is 0 Å². The molecule has 0 aliphatic heterocycles. The normalized spacial score (nSPS) is 14.3. The topological polar surface area (TPSA) is 0 Å². The Morgan fingerprint density at radius 3 is 1.15 bits per heavy atom. The number of fused-ring (bicyclic) bond motifs is 5. The van der Waals surface area contributed by atoms with Gasteiger partial charge in [-0.15, -0.1) is 0 Å². The first-order chi connectivity index (χ1) is 12.8. The fourth-order valence-electron chi connectivity index (χ4n) is 4.84. The lowest BCUT2D eigenvalue weighted by Gasteiger charge is -2.26. The summed E-state index contributed by atoms with van der Waals surface area (Å²) in [6.07, 6.45) is 4.32. The Balaban J connectivity index is 1.45. The Morgan fingerprint density at radius 2 is 0.692 bits per heavy atom. The van der Waals surface area contributed by atoms with Crippen LogP contribution in [0.1, 0.15) is 44.5 Å². The summed E-state index contributed by atoms with van der Waals surface area (Å²) in [6, 6.07) is 27.5. The molecule has 26 heavy (non-hydrogen) atoms. The third-order valence-corrected chi connectivity index (χ3v) is 6.23. The van der Waals surface area contributed by atoms with E-state index < -0.39 is 0 Å². The van der Waals surface area contributed by atoms with E-state index in [4.69, 9.17) is 0 Å². The molecule has 0 spiro atoms. The fraction of sp³-hybridized carbons (Fsp3) is 0.154. The molecule has 6 rings (SSSR count). The second kappa shape index (κ2) is 5.32. The van der Waals surface area contributed by atoms with Crippen molar-refractivity contribution in [1.82, 2.24) is 0 Å². The first kappa shape index (κ1) is 14.3. The minimum Gasteiger partial charge on any atom is -0.0620 e. The molecule has 4 aromatic rings. The van der Waals surface area contributed by atoms with Crippen LogP contribution in [-0.2, 0) is 25.7 Å². The van der Waals surface area contributed by atoms with Gasteiger partial charge in [0.05, 0.1) is 0 Å². The quantitative estimate of drug-likeness (QED) is 0.328. The van der Waals surface area contributed by atoms with Gasteiger partial charge in [0.1, 0.15) is 0 Å². The van der Waals surface area contributed by atoms with Crippen molar-refractivity contribution in [3.8, 4) is 0 Å². The predicted molar refractivity (Wildman–Crippen MR) is 108 cm³/mol. The highest BCUT2D eigenvalue weighted by atomic mass is 14.3. The van der Waals surface area contributed by atoms with E-state index >= 15 is 0 Å². The van der Waals surface area contributed by atoms with Gasteiger partial charge in [0.25, 0.3) is 0 Å². The molecule has 0 nitrogen and oxygen atoms in total. The highest BCUT2D eigenvalue weighted by Gasteiger charge is 2.21. The summed E-state index contributed by atoms with van der Waals surface area (Å²) in [6.45, 7) is 0. The molecule has 0 N–H and O–H groups in total. The summed E-state index contributed by atoms with van der Waals surface area (Å²) in [5, 5.41) is 2.73. The summed E-state index contributed by atoms with van der Waals surface area (Å²) in [5.41, 5.74) is 12.2. The molecular formula is C26H20. The van der Waals surface area contributed by atoms with Crippen LogP contribution in [0.25, 0.3) is 10.8 Å². The molecule has 2 aliphatic rings. The number of rotatable bonds is 0. The highest BCUT2D eigenvalue weighted by molar-refractivity contribution is 5.84. The first-order valence-corrected chi connectivity index (χ1v) is 9.54. The van der Waals surface area contributed by atoms with Crippen LogP contribution in [0.15, 0.2) is 72.8 Å². The minimum absolute atomic E-state index is 1.07. The van der Waals surface area contributed by atoms with Crippen molar-refractivity contribution in [2.45, 2.75) is 25.7 Å². The maximum Gasteiger partial charge on any atom is -0.00197 e. The summed E-state index contributed by atoms with van der Waals surface area (Å²) < 4.78 is 0. The molecule has 4 aromatic carbocycles. The Morgan fingerprint density at radius 1 is 0.346 bits per heavy atom. The fourth-order valence-corrected chi connectivity index (χ4v) is 4.84. The van der Waals surface area contributed by atoms with Gasteiger partial charge in [0, 0.05) is 0 Å². The van der Waals surface area contributed by atoms with Gasteiger partial charge < -0.3 is 0 Å². The molecule has 0 unspecified atom stereocenters. The van der Waals surface area contributed by atoms with Crippen molar-refractivity contribution in [3.63, 3.8) is 0 Å². The van der Waals surface area contributed by atoms with Crippen molar-refractivity contribution < 1.29 is 0 Å². The smallest absolute Gasteiger partial charge is 0.00197 e. The molecule has 0 bridgehead atoms. The van der Waals surface area contributed by atoms with Gasteiger partial charge in [0.2, 0.25) is 0 Å². The third kappa shape index (κ3) is 2.15. The van der Waals surface area contributed by atoms with Crippen LogP contribution in [0.3, 0.4) is 0 Å². The van der Waals surface area contributed by atoms with E-state index in [-0.39, 0.29) is 0 Å². The Labute approximate surface area is 154 Å². The molecule has 0 fully saturated rings. The third-order valence-electron chi connectivity index (χ3n) is 6.23. The number of hydrogen-bond acceptors (Lipinski definition) is 0. The lowest BCUT2D eigenvalue weighted by molar-refractivity contribution is 0.947. The minimum atomic E-state index is 1.07. The van der Waals surface area contributed by atoms with Crippen LogP contribution >= 0.6 is 0 Å². The van der Waals surface area contributed by atoms with Crippen LogP contribution in [0.2, 0.25) is 0 Å². The van der Waals surface area contributed by atoms with Crippen molar-refractivity contribution in [3.05, 3.63) is 117 Å². The average molecular weight is 332 g/mol. The van der Waals surface area contributed by atoms with Crippen molar-refractivity contribution in [2.24, 2.45) is 0 Å². The van der Waals surface area contributed by atoms with Crippen LogP contribution in [-0.4, -0.2) is 0 Å². The molecule has 124 valence electrons. The van der Waals surface area contributed by atoms with E-state index in [2.05, 4.69) is 72.8 Å². The monoisotopic (exact) mass is 332 g/mol. The van der Waals surface area contributed by atoms with Crippen molar-refractivity contribution >= 4 is 10.8 Å². The predicted octanol–water partition coefficient (Wildman–Crippen LogP) is 5.83. The standard InChI is InChI=1S/C26H20/c1-2-6-18-10-22-14-26-16-24-12-20-8-4-3-7-19(20)11-23(24)15-25(26)13-21(22)9-17(18)5-1/h1-10,15-16H,11-14H2. The molecule has 0 saturated heterocycles. The molecule has 2 aliphatic carbocycles. The van der Waals surface area contributed by atoms with E-state index in [1.165, 1.54) is 55.3 Å². The Kier molecular flexibility index (Phi) is 2.93. The molecule has 0 radical (unpaired) electrons. The Hall–Kier alpha value is -2.86. The molecular weight excluding hydrogens is 312 g/mol. The maximum atomic E-state index is 2.50. The zero-order valence-corrected chi connectivity index (χ0v) is 14.8. The molecule has 0 heterocycles. The van der Waals surface area contributed by atoms with Crippen LogP contribution < -0.4 is 0 Å². The number of hydrogen-bond donors (Lipinski definition) is 0. The van der Waals surface area contributed by atoms with E-state index in [0.717, 1.165) is 25.7 Å². The number of benzene rings is 4. The lowest BCUT2D eigenvalue weighted by atomic mass is 9.79. The zero-order valence-electron chi connectivity index (χ0n) is 14.8. The zero-order chi connectivity index (χ0) is 17.1. The van der Waals surface area contributed by atoms with Gasteiger partial charge >= 0.3 is 0 Å². The average Bonchev–Trinajstić information content (AvgIpc) is 2.67. The summed E-state index contributed by atoms with van der Waals surface area (Å²) in [7, 11) is 0. The van der Waals surface area contributed by atoms with Gasteiger partial charge in [-0.05, 0) is 81.0 Å². The molecule has 0 aromatic heterocycles. The van der Waals surface area contributed by atoms with E-state index in [1.54, 1.807) is 0 Å². The summed E-state index contributed by atoms with van der Waals surface area (Å²) in [5.74, 6) is 0.